The van der Waals surface area contributed by atoms with Crippen molar-refractivity contribution in [3.8, 4) is 0 Å². The van der Waals surface area contributed by atoms with Crippen molar-refractivity contribution in [3.63, 3.8) is 0 Å². The molecule has 1 nitrogen and oxygen atoms in total. The highest BCUT2D eigenvalue weighted by Crippen LogP contribution is 2.43. The van der Waals surface area contributed by atoms with Gasteiger partial charge in [-0.3, -0.25) is 0 Å². The minimum Gasteiger partial charge on any atom is -0.381 e. The van der Waals surface area contributed by atoms with Gasteiger partial charge < -0.3 is 4.74 Å². The summed E-state index contributed by atoms with van der Waals surface area (Å²) in [7, 11) is 0. The topological polar surface area (TPSA) is 9.23 Å². The van der Waals surface area contributed by atoms with Crippen molar-refractivity contribution in [1.29, 1.82) is 0 Å². The maximum atomic E-state index is 5.42. The fourth-order valence-electron chi connectivity index (χ4n) is 1.19. The van der Waals surface area contributed by atoms with Crippen molar-refractivity contribution in [1.82, 2.24) is 0 Å². The summed E-state index contributed by atoms with van der Waals surface area (Å²) in [5, 5.41) is 0. The van der Waals surface area contributed by atoms with Gasteiger partial charge in [-0.05, 0) is 17.3 Å². The molecule has 0 atom stereocenters. The van der Waals surface area contributed by atoms with E-state index in [9.17, 15) is 0 Å². The highest BCUT2D eigenvalue weighted by molar-refractivity contribution is 4.88. The van der Waals surface area contributed by atoms with Crippen LogP contribution in [-0.2, 0) is 4.74 Å². The molecule has 0 saturated carbocycles. The van der Waals surface area contributed by atoms with Crippen LogP contribution in [0.15, 0.2) is 0 Å². The normalized spacial score (nSPS) is 30.0. The first-order chi connectivity index (χ1) is 4.46. The Hall–Kier alpha value is -0.0400. The molecular weight excluding hydrogens is 124 g/mol. The monoisotopic (exact) mass is 142 g/mol. The highest BCUT2D eigenvalue weighted by Gasteiger charge is 2.39. The molecule has 1 rings (SSSR count). The maximum Gasteiger partial charge on any atom is 0.0522 e. The summed E-state index contributed by atoms with van der Waals surface area (Å²) in [4.78, 5) is 0. The molecule has 0 unspecified atom stereocenters. The molecule has 0 aliphatic carbocycles. The van der Waals surface area contributed by atoms with Gasteiger partial charge in [-0.1, -0.05) is 27.7 Å². The Bertz CT molecular complexity index is 109. The van der Waals surface area contributed by atoms with E-state index in [0.717, 1.165) is 13.2 Å². The van der Waals surface area contributed by atoms with Gasteiger partial charge in [0, 0.05) is 6.61 Å². The van der Waals surface area contributed by atoms with E-state index >= 15 is 0 Å². The number of hydrogen-bond donors (Lipinski definition) is 0. The second-order valence-corrected chi connectivity index (χ2v) is 4.57. The quantitative estimate of drug-likeness (QED) is 0.505. The molecule has 0 aromatic rings. The van der Waals surface area contributed by atoms with Crippen molar-refractivity contribution in [3.05, 3.63) is 0 Å². The minimum atomic E-state index is 0.352. The fourth-order valence-corrected chi connectivity index (χ4v) is 1.19. The molecular formula is C9H18O. The lowest BCUT2D eigenvalue weighted by Crippen LogP contribution is -2.41. The van der Waals surface area contributed by atoms with E-state index in [4.69, 9.17) is 4.74 Å². The Balaban J connectivity index is 2.70. The second kappa shape index (κ2) is 2.23. The van der Waals surface area contributed by atoms with Crippen LogP contribution in [0.4, 0.5) is 0 Å². The van der Waals surface area contributed by atoms with E-state index in [0.29, 0.717) is 10.8 Å². The molecule has 1 aliphatic heterocycles. The minimum absolute atomic E-state index is 0.352. The van der Waals surface area contributed by atoms with E-state index in [1.54, 1.807) is 0 Å². The van der Waals surface area contributed by atoms with Gasteiger partial charge in [-0.2, -0.15) is 0 Å². The van der Waals surface area contributed by atoms with Crippen LogP contribution in [0.1, 0.15) is 34.1 Å². The van der Waals surface area contributed by atoms with Crippen LogP contribution < -0.4 is 0 Å². The first-order valence-corrected chi connectivity index (χ1v) is 4.03. The molecule has 0 N–H and O–H groups in total. The van der Waals surface area contributed by atoms with Gasteiger partial charge in [0.1, 0.15) is 0 Å². The maximum absolute atomic E-state index is 5.42. The lowest BCUT2D eigenvalue weighted by atomic mass is 9.65. The summed E-state index contributed by atoms with van der Waals surface area (Å²) >= 11 is 0. The van der Waals surface area contributed by atoms with Crippen LogP contribution in [0.5, 0.6) is 0 Å². The van der Waals surface area contributed by atoms with Crippen molar-refractivity contribution < 1.29 is 4.74 Å². The molecule has 1 saturated heterocycles. The summed E-state index contributed by atoms with van der Waals surface area (Å²) in [6, 6.07) is 0. The largest absolute Gasteiger partial charge is 0.381 e. The molecule has 0 bridgehead atoms. The average molecular weight is 142 g/mol. The zero-order chi connectivity index (χ0) is 7.83. The van der Waals surface area contributed by atoms with E-state index in [-0.39, 0.29) is 0 Å². The zero-order valence-electron chi connectivity index (χ0n) is 7.53. The SMILES string of the molecule is CC1(C)CCOCC1(C)C. The Kier molecular flexibility index (Phi) is 1.80. The molecule has 0 spiro atoms. The van der Waals surface area contributed by atoms with E-state index in [1.807, 2.05) is 0 Å². The smallest absolute Gasteiger partial charge is 0.0522 e. The predicted molar refractivity (Wildman–Crippen MR) is 43.0 cm³/mol. The standard InChI is InChI=1S/C9H18O/c1-8(2)5-6-10-7-9(8,3)4/h5-7H2,1-4H3. The van der Waals surface area contributed by atoms with E-state index in [1.165, 1.54) is 6.42 Å². The van der Waals surface area contributed by atoms with Crippen molar-refractivity contribution >= 4 is 0 Å². The van der Waals surface area contributed by atoms with Gasteiger partial charge in [-0.25, -0.2) is 0 Å². The molecule has 1 fully saturated rings. The molecule has 0 aromatic heterocycles. The zero-order valence-corrected chi connectivity index (χ0v) is 7.53. The summed E-state index contributed by atoms with van der Waals surface area (Å²) in [5.41, 5.74) is 0.802. The third-order valence-corrected chi connectivity index (χ3v) is 3.17. The van der Waals surface area contributed by atoms with Crippen LogP contribution in [0.3, 0.4) is 0 Å². The Morgan fingerprint density at radius 1 is 1.00 bits per heavy atom. The Morgan fingerprint density at radius 3 is 1.90 bits per heavy atom. The van der Waals surface area contributed by atoms with Crippen molar-refractivity contribution in [2.24, 2.45) is 10.8 Å². The van der Waals surface area contributed by atoms with Gasteiger partial charge >= 0.3 is 0 Å². The number of hydrogen-bond acceptors (Lipinski definition) is 1. The summed E-state index contributed by atoms with van der Waals surface area (Å²) in [5.74, 6) is 0. The molecule has 60 valence electrons. The van der Waals surface area contributed by atoms with Crippen LogP contribution in [0, 0.1) is 10.8 Å². The summed E-state index contributed by atoms with van der Waals surface area (Å²) < 4.78 is 5.42. The van der Waals surface area contributed by atoms with Crippen molar-refractivity contribution in [2.45, 2.75) is 34.1 Å². The molecule has 0 aromatic carbocycles. The molecule has 1 aliphatic rings. The fraction of sp³-hybridized carbons (Fsp3) is 1.00. The third kappa shape index (κ3) is 1.20. The van der Waals surface area contributed by atoms with Crippen LogP contribution in [-0.4, -0.2) is 13.2 Å². The molecule has 0 amide bonds. The molecule has 10 heavy (non-hydrogen) atoms. The summed E-state index contributed by atoms with van der Waals surface area (Å²) in [6.45, 7) is 11.1. The molecule has 1 heteroatoms. The van der Waals surface area contributed by atoms with Gasteiger partial charge in [0.25, 0.3) is 0 Å². The Labute approximate surface area is 63.8 Å². The second-order valence-electron chi connectivity index (χ2n) is 4.57. The predicted octanol–water partition coefficient (Wildman–Crippen LogP) is 2.46. The summed E-state index contributed by atoms with van der Waals surface area (Å²) in [6.07, 6.45) is 1.19. The van der Waals surface area contributed by atoms with Gasteiger partial charge in [0.2, 0.25) is 0 Å². The highest BCUT2D eigenvalue weighted by atomic mass is 16.5. The van der Waals surface area contributed by atoms with Crippen LogP contribution >= 0.6 is 0 Å². The van der Waals surface area contributed by atoms with Crippen LogP contribution in [0.25, 0.3) is 0 Å². The van der Waals surface area contributed by atoms with E-state index < -0.39 is 0 Å². The lowest BCUT2D eigenvalue weighted by Gasteiger charge is -2.45. The average Bonchev–Trinajstić information content (AvgIpc) is 1.77. The first kappa shape index (κ1) is 8.06. The molecule has 1 heterocycles. The van der Waals surface area contributed by atoms with Gasteiger partial charge in [0.15, 0.2) is 0 Å². The van der Waals surface area contributed by atoms with E-state index in [2.05, 4.69) is 27.7 Å². The lowest BCUT2D eigenvalue weighted by molar-refractivity contribution is -0.0749. The first-order valence-electron chi connectivity index (χ1n) is 4.03. The van der Waals surface area contributed by atoms with Gasteiger partial charge in [0.05, 0.1) is 6.61 Å². The van der Waals surface area contributed by atoms with Crippen molar-refractivity contribution in [2.75, 3.05) is 13.2 Å². The molecule has 0 radical (unpaired) electrons. The Morgan fingerprint density at radius 2 is 1.60 bits per heavy atom. The number of ether oxygens (including phenoxy) is 1. The van der Waals surface area contributed by atoms with Gasteiger partial charge in [-0.15, -0.1) is 0 Å². The number of rotatable bonds is 0. The third-order valence-electron chi connectivity index (χ3n) is 3.17. The van der Waals surface area contributed by atoms with Crippen LogP contribution in [0.2, 0.25) is 0 Å².